The lowest BCUT2D eigenvalue weighted by Crippen LogP contribution is -2.27. The Balaban J connectivity index is 1.58. The van der Waals surface area contributed by atoms with Gasteiger partial charge in [-0.1, -0.05) is 0 Å². The number of esters is 1. The van der Waals surface area contributed by atoms with Crippen molar-refractivity contribution >= 4 is 28.6 Å². The number of rotatable bonds is 8. The second-order valence-electron chi connectivity index (χ2n) is 10.2. The molecule has 224 valence electrons. The maximum Gasteiger partial charge on any atom is 0.573 e. The summed E-state index contributed by atoms with van der Waals surface area (Å²) in [6.45, 7) is 6.79. The van der Waals surface area contributed by atoms with Gasteiger partial charge in [-0.3, -0.25) is 0 Å². The minimum atomic E-state index is -4.91. The normalized spacial score (nSPS) is 12.4. The van der Waals surface area contributed by atoms with Gasteiger partial charge in [0.15, 0.2) is 6.61 Å². The van der Waals surface area contributed by atoms with Crippen molar-refractivity contribution in [3.63, 3.8) is 0 Å². The molecule has 13 heteroatoms. The molecule has 0 saturated heterocycles. The average Bonchev–Trinajstić information content (AvgIpc) is 3.22. The van der Waals surface area contributed by atoms with Gasteiger partial charge < -0.3 is 14.2 Å². The first-order valence-corrected chi connectivity index (χ1v) is 13.5. The van der Waals surface area contributed by atoms with Gasteiger partial charge >= 0.3 is 18.5 Å². The molecule has 0 N–H and O–H groups in total. The number of thioether (sulfide) groups is 1. The molecule has 0 fully saturated rings. The molecular formula is C29H26F6N2O4S. The van der Waals surface area contributed by atoms with Crippen LogP contribution in [0.2, 0.25) is 0 Å². The standard InChI is InChI=1S/C29H26F6N2O4S/c1-17-13-21(10-12-25(17)39-15-26(38)41-27(2,3)4)42-16-23-22-14-20(40-29(33,34)35)9-11-24(22)37(36-23)19-7-5-18(6-8-19)28(30,31)32/h5-14H,15-16H2,1-4H3. The summed E-state index contributed by atoms with van der Waals surface area (Å²) >= 11 is 1.34. The van der Waals surface area contributed by atoms with E-state index in [1.54, 1.807) is 39.8 Å². The van der Waals surface area contributed by atoms with Crippen molar-refractivity contribution < 1.29 is 45.3 Å². The van der Waals surface area contributed by atoms with Crippen LogP contribution in [-0.2, 0) is 21.5 Å². The van der Waals surface area contributed by atoms with E-state index in [2.05, 4.69) is 9.84 Å². The molecule has 0 radical (unpaired) electrons. The maximum atomic E-state index is 13.1. The Kier molecular flexibility index (Phi) is 8.72. The van der Waals surface area contributed by atoms with Crippen LogP contribution < -0.4 is 9.47 Å². The molecule has 0 aliphatic rings. The number of ether oxygens (including phenoxy) is 3. The fraction of sp³-hybridized carbons (Fsp3) is 0.310. The lowest BCUT2D eigenvalue weighted by atomic mass is 10.2. The summed E-state index contributed by atoms with van der Waals surface area (Å²) in [5, 5.41) is 4.87. The SMILES string of the molecule is Cc1cc(SCc2nn(-c3ccc(C(F)(F)F)cc3)c3ccc(OC(F)(F)F)cc23)ccc1OCC(=O)OC(C)(C)C. The molecule has 3 aromatic carbocycles. The third kappa shape index (κ3) is 8.11. The van der Waals surface area contributed by atoms with E-state index >= 15 is 0 Å². The highest BCUT2D eigenvalue weighted by Crippen LogP contribution is 2.35. The summed E-state index contributed by atoms with van der Waals surface area (Å²) in [5.74, 6) is -0.256. The number of aryl methyl sites for hydroxylation is 1. The van der Waals surface area contributed by atoms with Gasteiger partial charge in [-0.05, 0) is 93.9 Å². The molecule has 0 bridgehead atoms. The van der Waals surface area contributed by atoms with E-state index in [1.165, 1.54) is 40.7 Å². The predicted octanol–water partition coefficient (Wildman–Crippen LogP) is 8.26. The Morgan fingerprint density at radius 2 is 1.62 bits per heavy atom. The van der Waals surface area contributed by atoms with Gasteiger partial charge in [0.05, 0.1) is 22.5 Å². The van der Waals surface area contributed by atoms with Crippen LogP contribution in [0.15, 0.2) is 65.6 Å². The molecule has 4 aromatic rings. The first kappa shape index (κ1) is 31.1. The van der Waals surface area contributed by atoms with Crippen molar-refractivity contribution in [2.45, 2.75) is 56.5 Å². The third-order valence-corrected chi connectivity index (χ3v) is 6.69. The summed E-state index contributed by atoms with van der Waals surface area (Å²) < 4.78 is 94.1. The Bertz CT molecular complexity index is 1570. The van der Waals surface area contributed by atoms with E-state index in [4.69, 9.17) is 9.47 Å². The predicted molar refractivity (Wildman–Crippen MR) is 145 cm³/mol. The highest BCUT2D eigenvalue weighted by atomic mass is 32.2. The summed E-state index contributed by atoms with van der Waals surface area (Å²) in [6.07, 6.45) is -9.43. The molecule has 0 amide bonds. The van der Waals surface area contributed by atoms with Crippen LogP contribution in [0.25, 0.3) is 16.6 Å². The van der Waals surface area contributed by atoms with Gasteiger partial charge in [0.1, 0.15) is 17.1 Å². The van der Waals surface area contributed by atoms with Crippen molar-refractivity contribution in [3.8, 4) is 17.2 Å². The minimum absolute atomic E-state index is 0.219. The molecular weight excluding hydrogens is 586 g/mol. The molecule has 1 heterocycles. The zero-order chi connectivity index (χ0) is 30.9. The Morgan fingerprint density at radius 1 is 0.929 bits per heavy atom. The molecule has 1 aromatic heterocycles. The molecule has 6 nitrogen and oxygen atoms in total. The number of carbonyl (C=O) groups excluding carboxylic acids is 1. The third-order valence-electron chi connectivity index (χ3n) is 5.69. The largest absolute Gasteiger partial charge is 0.573 e. The molecule has 0 spiro atoms. The van der Waals surface area contributed by atoms with Gasteiger partial charge in [-0.2, -0.15) is 18.3 Å². The van der Waals surface area contributed by atoms with Gasteiger partial charge in [-0.15, -0.1) is 24.9 Å². The van der Waals surface area contributed by atoms with Gasteiger partial charge in [-0.25, -0.2) is 9.48 Å². The topological polar surface area (TPSA) is 62.6 Å². The van der Waals surface area contributed by atoms with Crippen LogP contribution >= 0.6 is 11.8 Å². The van der Waals surface area contributed by atoms with Crippen LogP contribution in [0.4, 0.5) is 26.3 Å². The number of hydrogen-bond acceptors (Lipinski definition) is 6. The number of fused-ring (bicyclic) bond motifs is 1. The smallest absolute Gasteiger partial charge is 0.482 e. The number of benzene rings is 3. The zero-order valence-electron chi connectivity index (χ0n) is 22.9. The van der Waals surface area contributed by atoms with E-state index in [9.17, 15) is 31.1 Å². The van der Waals surface area contributed by atoms with Crippen LogP contribution in [0.5, 0.6) is 11.5 Å². The fourth-order valence-electron chi connectivity index (χ4n) is 3.98. The van der Waals surface area contributed by atoms with Crippen LogP contribution in [0.3, 0.4) is 0 Å². The molecule has 0 unspecified atom stereocenters. The van der Waals surface area contributed by atoms with Gasteiger partial charge in [0, 0.05) is 16.0 Å². The molecule has 0 atom stereocenters. The first-order valence-electron chi connectivity index (χ1n) is 12.5. The number of nitrogens with zero attached hydrogens (tertiary/aromatic N) is 2. The van der Waals surface area contributed by atoms with Crippen molar-refractivity contribution in [1.29, 1.82) is 0 Å². The second kappa shape index (κ2) is 11.8. The number of halogens is 6. The maximum absolute atomic E-state index is 13.1. The van der Waals surface area contributed by atoms with E-state index < -0.39 is 35.4 Å². The van der Waals surface area contributed by atoms with Crippen LogP contribution in [-0.4, -0.2) is 34.3 Å². The lowest BCUT2D eigenvalue weighted by molar-refractivity contribution is -0.274. The molecule has 0 saturated carbocycles. The number of hydrogen-bond donors (Lipinski definition) is 0. The van der Waals surface area contributed by atoms with Gasteiger partial charge in [0.25, 0.3) is 0 Å². The quantitative estimate of drug-likeness (QED) is 0.113. The Hall–Kier alpha value is -3.87. The minimum Gasteiger partial charge on any atom is -0.482 e. The molecule has 0 aliphatic heterocycles. The first-order chi connectivity index (χ1) is 19.5. The highest BCUT2D eigenvalue weighted by molar-refractivity contribution is 7.98. The Morgan fingerprint density at radius 3 is 2.21 bits per heavy atom. The van der Waals surface area contributed by atoms with Crippen molar-refractivity contribution in [2.24, 2.45) is 0 Å². The van der Waals surface area contributed by atoms with Crippen LogP contribution in [0.1, 0.15) is 37.6 Å². The van der Waals surface area contributed by atoms with Crippen molar-refractivity contribution in [3.05, 3.63) is 77.5 Å². The van der Waals surface area contributed by atoms with Crippen LogP contribution in [0, 0.1) is 6.92 Å². The summed E-state index contributed by atoms with van der Waals surface area (Å²) in [6, 6.07) is 13.3. The van der Waals surface area contributed by atoms with E-state index in [0.717, 1.165) is 28.7 Å². The van der Waals surface area contributed by atoms with Gasteiger partial charge in [0.2, 0.25) is 0 Å². The summed E-state index contributed by atoms with van der Waals surface area (Å²) in [4.78, 5) is 12.7. The van der Waals surface area contributed by atoms with E-state index in [1.807, 2.05) is 6.07 Å². The Labute approximate surface area is 241 Å². The number of carbonyl (C=O) groups is 1. The fourth-order valence-corrected chi connectivity index (χ4v) is 4.93. The second-order valence-corrected chi connectivity index (χ2v) is 11.3. The molecule has 4 rings (SSSR count). The molecule has 42 heavy (non-hydrogen) atoms. The van der Waals surface area contributed by atoms with E-state index in [0.29, 0.717) is 28.0 Å². The van der Waals surface area contributed by atoms with Crippen molar-refractivity contribution in [2.75, 3.05) is 6.61 Å². The highest BCUT2D eigenvalue weighted by Gasteiger charge is 2.32. The van der Waals surface area contributed by atoms with Crippen molar-refractivity contribution in [1.82, 2.24) is 9.78 Å². The summed E-state index contributed by atoms with van der Waals surface area (Å²) in [5.41, 5.74) is 0.348. The molecule has 0 aliphatic carbocycles. The monoisotopic (exact) mass is 612 g/mol. The summed E-state index contributed by atoms with van der Waals surface area (Å²) in [7, 11) is 0. The lowest BCUT2D eigenvalue weighted by Gasteiger charge is -2.19. The zero-order valence-corrected chi connectivity index (χ0v) is 23.7. The number of alkyl halides is 6. The van der Waals surface area contributed by atoms with E-state index in [-0.39, 0.29) is 12.4 Å². The number of aromatic nitrogens is 2. The average molecular weight is 613 g/mol.